The fourth-order valence-electron chi connectivity index (χ4n) is 9.76. The first-order chi connectivity index (χ1) is 29.4. The highest BCUT2D eigenvalue weighted by Crippen LogP contribution is 2.52. The number of hydrogen-bond acceptors (Lipinski definition) is 7. The van der Waals surface area contributed by atoms with Crippen molar-refractivity contribution in [2.45, 2.75) is 84.1 Å². The molecule has 0 radical (unpaired) electrons. The van der Waals surface area contributed by atoms with Crippen LogP contribution in [-0.2, 0) is 21.1 Å². The number of carbonyl (C=O) groups excluding carboxylic acids is 1. The van der Waals surface area contributed by atoms with Gasteiger partial charge in [0.25, 0.3) is 5.91 Å². The highest BCUT2D eigenvalue weighted by molar-refractivity contribution is 7.71. The van der Waals surface area contributed by atoms with Crippen LogP contribution in [0, 0.1) is 31.0 Å². The standard InChI is InChI=1S/C47H52FN8O4P/c1-7-61(59,8-2)39-12-10-33(26-38(39)50-6)54-19-20-55(46(54)58)44-40-30(5)53(18-13-36(40)52-56(44)34-23-28(3)42(48)29(4)24-34)45(57)43-41(47(27-49)16-17-47)35-11-9-32(25-37(35)51-43)31-14-21-60-22-15-31/h9-12,19-20,23-26,30-31,50-51H,7-8,13-18,21-22H2,1-6H3/t30-/m0/s1. The molecular formula is C47H52FN8O4P. The van der Waals surface area contributed by atoms with E-state index in [2.05, 4.69) is 34.6 Å². The highest BCUT2D eigenvalue weighted by atomic mass is 31.2. The van der Waals surface area contributed by atoms with Gasteiger partial charge in [0.05, 0.1) is 34.6 Å². The number of aromatic amines is 1. The zero-order valence-electron chi connectivity index (χ0n) is 35.6. The number of aryl methyl sites for hydroxylation is 2. The fourth-order valence-corrected chi connectivity index (χ4v) is 11.9. The number of anilines is 1. The number of ether oxygens (including phenoxy) is 1. The molecule has 1 atom stereocenters. The number of halogens is 1. The lowest BCUT2D eigenvalue weighted by atomic mass is 9.89. The molecule has 2 N–H and O–H groups in total. The van der Waals surface area contributed by atoms with Crippen LogP contribution in [0.5, 0.6) is 0 Å². The maximum absolute atomic E-state index is 15.1. The summed E-state index contributed by atoms with van der Waals surface area (Å²) in [5.41, 5.74) is 6.31. The first-order valence-electron chi connectivity index (χ1n) is 21.4. The summed E-state index contributed by atoms with van der Waals surface area (Å²) in [6.07, 6.45) is 8.09. The average Bonchev–Trinajstić information content (AvgIpc) is 3.61. The van der Waals surface area contributed by atoms with Crippen LogP contribution in [0.15, 0.2) is 65.7 Å². The normalized spacial score (nSPS) is 17.7. The van der Waals surface area contributed by atoms with Crippen LogP contribution >= 0.6 is 7.14 Å². The van der Waals surface area contributed by atoms with Gasteiger partial charge in [-0.15, -0.1) is 0 Å². The van der Waals surface area contributed by atoms with E-state index in [1.165, 1.54) is 10.1 Å². The molecule has 0 spiro atoms. The third-order valence-corrected chi connectivity index (χ3v) is 16.9. The molecule has 12 nitrogen and oxygen atoms in total. The number of amides is 1. The quantitative estimate of drug-likeness (QED) is 0.132. The Bertz CT molecular complexity index is 2860. The summed E-state index contributed by atoms with van der Waals surface area (Å²) in [5.74, 6) is 0.291. The van der Waals surface area contributed by atoms with E-state index in [0.717, 1.165) is 53.5 Å². The summed E-state index contributed by atoms with van der Waals surface area (Å²) >= 11 is 0. The number of imidazole rings is 1. The second-order valence-corrected chi connectivity index (χ2v) is 20.5. The fraction of sp³-hybridized carbons (Fsp3) is 0.404. The van der Waals surface area contributed by atoms with Crippen molar-refractivity contribution in [2.24, 2.45) is 0 Å². The zero-order valence-corrected chi connectivity index (χ0v) is 36.5. The number of H-pyrrole nitrogens is 1. The molecule has 3 aliphatic rings. The Morgan fingerprint density at radius 2 is 1.74 bits per heavy atom. The molecule has 3 aromatic carbocycles. The van der Waals surface area contributed by atoms with Crippen molar-refractivity contribution in [1.82, 2.24) is 28.8 Å². The van der Waals surface area contributed by atoms with Crippen LogP contribution in [0.4, 0.5) is 10.1 Å². The number of hydrogen-bond donors (Lipinski definition) is 2. The molecule has 1 aliphatic carbocycles. The van der Waals surface area contributed by atoms with Gasteiger partial charge in [0.15, 0.2) is 0 Å². The summed E-state index contributed by atoms with van der Waals surface area (Å²) in [6, 6.07) is 17.3. The third-order valence-electron chi connectivity index (χ3n) is 13.5. The number of rotatable bonds is 10. The predicted molar refractivity (Wildman–Crippen MR) is 237 cm³/mol. The minimum absolute atomic E-state index is 0.216. The van der Waals surface area contributed by atoms with Crippen molar-refractivity contribution < 1.29 is 18.5 Å². The van der Waals surface area contributed by atoms with Gasteiger partial charge in [-0.05, 0) is 105 Å². The average molecular weight is 843 g/mol. The Kier molecular flexibility index (Phi) is 10.2. The number of benzene rings is 3. The lowest BCUT2D eigenvalue weighted by Crippen LogP contribution is -2.40. The van der Waals surface area contributed by atoms with E-state index in [9.17, 15) is 14.6 Å². The first kappa shape index (κ1) is 40.7. The van der Waals surface area contributed by atoms with E-state index in [-0.39, 0.29) is 17.4 Å². The number of nitrogens with one attached hydrogen (secondary N) is 2. The van der Waals surface area contributed by atoms with E-state index in [0.29, 0.717) is 89.3 Å². The van der Waals surface area contributed by atoms with E-state index in [1.807, 2.05) is 43.9 Å². The Hall–Kier alpha value is -5.70. The molecule has 6 aromatic rings. The van der Waals surface area contributed by atoms with Gasteiger partial charge in [-0.3, -0.25) is 13.9 Å². The Morgan fingerprint density at radius 3 is 2.39 bits per heavy atom. The second-order valence-electron chi connectivity index (χ2n) is 17.0. The summed E-state index contributed by atoms with van der Waals surface area (Å²) in [4.78, 5) is 35.2. The molecular weight excluding hydrogens is 791 g/mol. The number of nitrogens with zero attached hydrogens (tertiary/aromatic N) is 6. The molecule has 9 rings (SSSR count). The lowest BCUT2D eigenvalue weighted by molar-refractivity contribution is 0.0670. The van der Waals surface area contributed by atoms with E-state index in [1.54, 1.807) is 54.7 Å². The molecule has 5 heterocycles. The van der Waals surface area contributed by atoms with Crippen molar-refractivity contribution in [3.63, 3.8) is 0 Å². The largest absolute Gasteiger partial charge is 0.387 e. The minimum atomic E-state index is -2.63. The molecule has 2 aliphatic heterocycles. The predicted octanol–water partition coefficient (Wildman–Crippen LogP) is 8.33. The molecule has 1 saturated heterocycles. The van der Waals surface area contributed by atoms with Gasteiger partial charge in [-0.1, -0.05) is 26.0 Å². The maximum atomic E-state index is 15.1. The van der Waals surface area contributed by atoms with Crippen LogP contribution in [0.2, 0.25) is 0 Å². The zero-order chi connectivity index (χ0) is 43.0. The van der Waals surface area contributed by atoms with Gasteiger partial charge in [-0.2, -0.15) is 10.4 Å². The van der Waals surface area contributed by atoms with Gasteiger partial charge in [-0.25, -0.2) is 13.9 Å². The van der Waals surface area contributed by atoms with Gasteiger partial charge in [0.2, 0.25) is 0 Å². The number of aromatic nitrogens is 5. The van der Waals surface area contributed by atoms with Crippen LogP contribution in [0.25, 0.3) is 28.1 Å². The van der Waals surface area contributed by atoms with E-state index >= 15 is 9.18 Å². The maximum Gasteiger partial charge on any atom is 0.338 e. The monoisotopic (exact) mass is 842 g/mol. The van der Waals surface area contributed by atoms with Crippen molar-refractivity contribution >= 4 is 34.9 Å². The molecule has 1 amide bonds. The topological polar surface area (TPSA) is 143 Å². The SMILES string of the molecule is CCP(=O)(CC)c1ccc(-n2ccn(-c3c4c(nn3-c3cc(C)c(F)c(C)c3)CCN(C(=O)c3[nH]c5cc(C6CCOCC6)ccc5c3C3(C#N)CC3)[C@H]4C)c2=O)cc1NC. The second kappa shape index (κ2) is 15.3. The number of fused-ring (bicyclic) bond motifs is 2. The van der Waals surface area contributed by atoms with Gasteiger partial charge >= 0.3 is 5.69 Å². The molecule has 2 fully saturated rings. The molecule has 1 saturated carbocycles. The number of nitriles is 1. The summed E-state index contributed by atoms with van der Waals surface area (Å²) < 4.78 is 39.3. The van der Waals surface area contributed by atoms with Gasteiger partial charge in [0.1, 0.15) is 24.5 Å². The Labute approximate surface area is 354 Å². The third kappa shape index (κ3) is 6.57. The van der Waals surface area contributed by atoms with Crippen LogP contribution in [-0.4, -0.2) is 73.8 Å². The minimum Gasteiger partial charge on any atom is -0.387 e. The van der Waals surface area contributed by atoms with E-state index in [4.69, 9.17) is 9.84 Å². The summed E-state index contributed by atoms with van der Waals surface area (Å²) in [6.45, 7) is 11.0. The van der Waals surface area contributed by atoms with E-state index < -0.39 is 18.6 Å². The first-order valence-corrected chi connectivity index (χ1v) is 23.5. The molecule has 61 heavy (non-hydrogen) atoms. The van der Waals surface area contributed by atoms with Crippen molar-refractivity contribution in [1.29, 1.82) is 5.26 Å². The Morgan fingerprint density at radius 1 is 1.03 bits per heavy atom. The van der Waals surface area contributed by atoms with Crippen molar-refractivity contribution in [3.8, 4) is 23.3 Å². The molecule has 3 aromatic heterocycles. The molecule has 14 heteroatoms. The van der Waals surface area contributed by atoms with Crippen LogP contribution in [0.1, 0.15) is 102 Å². The van der Waals surface area contributed by atoms with Crippen LogP contribution in [0.3, 0.4) is 0 Å². The van der Waals surface area contributed by atoms with Crippen LogP contribution < -0.4 is 16.3 Å². The molecule has 0 bridgehead atoms. The Balaban J connectivity index is 1.16. The van der Waals surface area contributed by atoms with Crippen molar-refractivity contribution in [3.05, 3.63) is 116 Å². The lowest BCUT2D eigenvalue weighted by Gasteiger charge is -2.33. The summed E-state index contributed by atoms with van der Waals surface area (Å²) in [5, 5.41) is 20.4. The van der Waals surface area contributed by atoms with Gasteiger partial charge < -0.3 is 24.5 Å². The smallest absolute Gasteiger partial charge is 0.338 e. The molecule has 316 valence electrons. The molecule has 0 unspecified atom stereocenters. The van der Waals surface area contributed by atoms with Gasteiger partial charge in [0, 0.05) is 91.0 Å². The van der Waals surface area contributed by atoms with Crippen molar-refractivity contribution in [2.75, 3.05) is 44.4 Å². The summed E-state index contributed by atoms with van der Waals surface area (Å²) in [7, 11) is -0.847. The number of carbonyl (C=O) groups is 1. The highest BCUT2D eigenvalue weighted by Gasteiger charge is 2.50.